The Bertz CT molecular complexity index is 209. The van der Waals surface area contributed by atoms with E-state index in [0.29, 0.717) is 0 Å². The van der Waals surface area contributed by atoms with Crippen molar-refractivity contribution in [1.29, 1.82) is 0 Å². The van der Waals surface area contributed by atoms with Gasteiger partial charge >= 0.3 is 11.9 Å². The van der Waals surface area contributed by atoms with Gasteiger partial charge in [-0.05, 0) is 6.92 Å². The average molecular weight is 228 g/mol. The molecule has 0 aliphatic heterocycles. The van der Waals surface area contributed by atoms with Crippen molar-refractivity contribution in [1.82, 2.24) is 0 Å². The highest BCUT2D eigenvalue weighted by molar-refractivity contribution is 7.81. The molecule has 84 valence electrons. The number of carbonyl (C=O) groups excluding carboxylic acids is 1. The Morgan fingerprint density at radius 3 is 2.07 bits per heavy atom. The lowest BCUT2D eigenvalue weighted by Crippen LogP contribution is -2.53. The van der Waals surface area contributed by atoms with Crippen molar-refractivity contribution in [3.05, 3.63) is 0 Å². The van der Waals surface area contributed by atoms with E-state index in [9.17, 15) is 4.79 Å². The zero-order valence-electron chi connectivity index (χ0n) is 7.28. The van der Waals surface area contributed by atoms with Crippen LogP contribution in [0.1, 0.15) is 6.92 Å². The molecule has 0 heterocycles. The van der Waals surface area contributed by atoms with Gasteiger partial charge in [-0.25, -0.2) is 0 Å². The molecule has 0 aromatic heterocycles. The van der Waals surface area contributed by atoms with Gasteiger partial charge in [-0.3, -0.25) is 4.79 Å². The second-order valence-corrected chi connectivity index (χ2v) is 3.02. The molecule has 0 aliphatic rings. The largest absolute Gasteiger partial charge is 0.407 e. The molecule has 0 saturated carbocycles. The zero-order valence-corrected chi connectivity index (χ0v) is 8.18. The number of hydrogen-bond donors (Lipinski definition) is 6. The van der Waals surface area contributed by atoms with E-state index < -0.39 is 29.6 Å². The summed E-state index contributed by atoms with van der Waals surface area (Å²) in [5.74, 6) is -10.0. The Hall–Kier alpha value is -0.380. The fourth-order valence-corrected chi connectivity index (χ4v) is 0.605. The molecule has 0 rings (SSSR count). The van der Waals surface area contributed by atoms with Crippen LogP contribution in [0, 0.1) is 5.92 Å². The Labute approximate surface area is 85.0 Å². The lowest BCUT2D eigenvalue weighted by molar-refractivity contribution is -0.434. The molecule has 0 fully saturated rings. The van der Waals surface area contributed by atoms with Crippen molar-refractivity contribution in [3.8, 4) is 0 Å². The number of esters is 1. The first-order valence-corrected chi connectivity index (χ1v) is 4.19. The molecule has 0 radical (unpaired) electrons. The number of carbonyl (C=O) groups is 1. The summed E-state index contributed by atoms with van der Waals surface area (Å²) in [7, 11) is 0. The molecule has 7 nitrogen and oxygen atoms in total. The Balaban J connectivity index is 4.53. The maximum atomic E-state index is 10.6. The molecular weight excluding hydrogens is 216 g/mol. The van der Waals surface area contributed by atoms with Crippen LogP contribution in [0.15, 0.2) is 0 Å². The quantitative estimate of drug-likeness (QED) is 0.176. The topological polar surface area (TPSA) is 127 Å². The Kier molecular flexibility index (Phi) is 4.31. The van der Waals surface area contributed by atoms with Crippen LogP contribution in [-0.4, -0.2) is 49.2 Å². The van der Waals surface area contributed by atoms with E-state index in [1.165, 1.54) is 0 Å². The summed E-state index contributed by atoms with van der Waals surface area (Å²) in [4.78, 5) is 10.6. The van der Waals surface area contributed by atoms with E-state index in [1.807, 2.05) is 0 Å². The first-order chi connectivity index (χ1) is 6.11. The van der Waals surface area contributed by atoms with Gasteiger partial charge in [-0.2, -0.15) is 12.6 Å². The SMILES string of the molecule is CC(C(O)(O)O)C(O)(O)OC(=O)CS. The highest BCUT2D eigenvalue weighted by Crippen LogP contribution is 2.24. The number of rotatable bonds is 4. The molecular formula is C6H12O7S. The molecule has 0 saturated heterocycles. The average Bonchev–Trinajstić information content (AvgIpc) is 2.00. The zero-order chi connectivity index (χ0) is 11.6. The van der Waals surface area contributed by atoms with Gasteiger partial charge in [0.2, 0.25) is 0 Å². The van der Waals surface area contributed by atoms with E-state index in [-0.39, 0.29) is 0 Å². The van der Waals surface area contributed by atoms with E-state index in [1.54, 1.807) is 0 Å². The molecule has 0 aromatic carbocycles. The standard InChI is InChI=1S/C6H12O7S/c1-3(5(8,9)10)6(11,12)13-4(7)2-14/h3,8-12,14H,2H2,1H3. The summed E-state index contributed by atoms with van der Waals surface area (Å²) < 4.78 is 3.99. The van der Waals surface area contributed by atoms with Crippen LogP contribution >= 0.6 is 12.6 Å². The molecule has 0 spiro atoms. The maximum absolute atomic E-state index is 10.6. The lowest BCUT2D eigenvalue weighted by atomic mass is 10.1. The molecule has 14 heavy (non-hydrogen) atoms. The monoisotopic (exact) mass is 228 g/mol. The Morgan fingerprint density at radius 2 is 1.79 bits per heavy atom. The van der Waals surface area contributed by atoms with Crippen molar-refractivity contribution >= 4 is 18.6 Å². The normalized spacial score (nSPS) is 15.1. The fourth-order valence-electron chi connectivity index (χ4n) is 0.540. The summed E-state index contributed by atoms with van der Waals surface area (Å²) in [6.07, 6.45) is 0. The van der Waals surface area contributed by atoms with Crippen LogP contribution in [0.25, 0.3) is 0 Å². The third kappa shape index (κ3) is 3.78. The van der Waals surface area contributed by atoms with Crippen LogP contribution in [0.2, 0.25) is 0 Å². The lowest BCUT2D eigenvalue weighted by Gasteiger charge is -2.32. The second-order valence-electron chi connectivity index (χ2n) is 2.70. The first kappa shape index (κ1) is 13.6. The molecule has 0 amide bonds. The third-order valence-corrected chi connectivity index (χ3v) is 1.80. The highest BCUT2D eigenvalue weighted by atomic mass is 32.1. The third-order valence-electron chi connectivity index (χ3n) is 1.54. The number of thiol groups is 1. The van der Waals surface area contributed by atoms with E-state index in [4.69, 9.17) is 25.5 Å². The summed E-state index contributed by atoms with van der Waals surface area (Å²) in [5.41, 5.74) is 0. The second kappa shape index (κ2) is 4.43. The predicted molar refractivity (Wildman–Crippen MR) is 45.7 cm³/mol. The minimum Gasteiger partial charge on any atom is -0.407 e. The molecule has 1 atom stereocenters. The number of ether oxygens (including phenoxy) is 1. The van der Waals surface area contributed by atoms with Crippen LogP contribution in [0.4, 0.5) is 0 Å². The summed E-state index contributed by atoms with van der Waals surface area (Å²) >= 11 is 3.48. The molecule has 0 bridgehead atoms. The van der Waals surface area contributed by atoms with Crippen LogP contribution < -0.4 is 0 Å². The van der Waals surface area contributed by atoms with Gasteiger partial charge in [-0.15, -0.1) is 0 Å². The van der Waals surface area contributed by atoms with Gasteiger partial charge in [-0.1, -0.05) is 0 Å². The molecule has 5 N–H and O–H groups in total. The first-order valence-electron chi connectivity index (χ1n) is 3.55. The van der Waals surface area contributed by atoms with Crippen molar-refractivity contribution in [3.63, 3.8) is 0 Å². The van der Waals surface area contributed by atoms with Gasteiger partial charge in [0.15, 0.2) is 0 Å². The van der Waals surface area contributed by atoms with Crippen LogP contribution in [0.3, 0.4) is 0 Å². The van der Waals surface area contributed by atoms with Crippen molar-refractivity contribution in [2.24, 2.45) is 5.92 Å². The maximum Gasteiger partial charge on any atom is 0.334 e. The molecule has 0 aromatic rings. The van der Waals surface area contributed by atoms with Crippen molar-refractivity contribution < 1.29 is 35.1 Å². The van der Waals surface area contributed by atoms with Crippen LogP contribution in [0.5, 0.6) is 0 Å². The molecule has 1 unspecified atom stereocenters. The van der Waals surface area contributed by atoms with Gasteiger partial charge in [0, 0.05) is 0 Å². The molecule has 0 aliphatic carbocycles. The van der Waals surface area contributed by atoms with Crippen molar-refractivity contribution in [2.75, 3.05) is 5.75 Å². The minimum atomic E-state index is -3.37. The van der Waals surface area contributed by atoms with Gasteiger partial charge in [0.1, 0.15) is 5.92 Å². The van der Waals surface area contributed by atoms with E-state index >= 15 is 0 Å². The smallest absolute Gasteiger partial charge is 0.334 e. The summed E-state index contributed by atoms with van der Waals surface area (Å²) in [5, 5.41) is 43.8. The molecule has 8 heteroatoms. The van der Waals surface area contributed by atoms with Gasteiger partial charge in [0.05, 0.1) is 5.75 Å². The highest BCUT2D eigenvalue weighted by Gasteiger charge is 2.47. The fraction of sp³-hybridized carbons (Fsp3) is 0.833. The summed E-state index contributed by atoms with van der Waals surface area (Å²) in [6.45, 7) is 0.853. The predicted octanol–water partition coefficient (Wildman–Crippen LogP) is -2.64. The van der Waals surface area contributed by atoms with E-state index in [2.05, 4.69) is 17.4 Å². The van der Waals surface area contributed by atoms with Crippen molar-refractivity contribution in [2.45, 2.75) is 18.9 Å². The summed E-state index contributed by atoms with van der Waals surface area (Å²) in [6, 6.07) is 0. The minimum absolute atomic E-state index is 0.426. The number of aliphatic hydroxyl groups is 5. The van der Waals surface area contributed by atoms with E-state index in [0.717, 1.165) is 6.92 Å². The number of hydrogen-bond acceptors (Lipinski definition) is 8. The Morgan fingerprint density at radius 1 is 1.36 bits per heavy atom. The van der Waals surface area contributed by atoms with Gasteiger partial charge < -0.3 is 30.3 Å². The van der Waals surface area contributed by atoms with Crippen LogP contribution in [-0.2, 0) is 9.53 Å². The van der Waals surface area contributed by atoms with Gasteiger partial charge in [0.25, 0.3) is 5.97 Å².